The smallest absolute Gasteiger partial charge is 0.268 e. The maximum Gasteiger partial charge on any atom is 0.268 e. The van der Waals surface area contributed by atoms with Gasteiger partial charge in [0.1, 0.15) is 11.5 Å². The van der Waals surface area contributed by atoms with Crippen molar-refractivity contribution in [3.8, 4) is 0 Å². The number of nitrogens with zero attached hydrogens (tertiary/aromatic N) is 2. The van der Waals surface area contributed by atoms with Gasteiger partial charge in [0.25, 0.3) is 5.91 Å². The van der Waals surface area contributed by atoms with Gasteiger partial charge < -0.3 is 14.4 Å². The van der Waals surface area contributed by atoms with Gasteiger partial charge in [-0.2, -0.15) is 0 Å². The van der Waals surface area contributed by atoms with Crippen molar-refractivity contribution >= 4 is 22.6 Å². The lowest BCUT2D eigenvalue weighted by Gasteiger charge is -2.24. The fourth-order valence-corrected chi connectivity index (χ4v) is 3.23. The number of ketones is 1. The predicted octanol–water partition coefficient (Wildman–Crippen LogP) is 2.67. The van der Waals surface area contributed by atoms with E-state index in [1.165, 1.54) is 0 Å². The number of hydrogen-bond donors (Lipinski definition) is 1. The van der Waals surface area contributed by atoms with Crippen LogP contribution in [0.25, 0.3) is 10.9 Å². The molecule has 4 rings (SSSR count). The lowest BCUT2D eigenvalue weighted by atomic mass is 10.0. The van der Waals surface area contributed by atoms with Crippen LogP contribution in [0.15, 0.2) is 34.9 Å². The Morgan fingerprint density at radius 1 is 1.38 bits per heavy atom. The average molecular weight is 323 g/mol. The number of benzene rings is 1. The summed E-state index contributed by atoms with van der Waals surface area (Å²) in [4.78, 5) is 24.6. The number of nitrogens with one attached hydrogen (secondary N) is 1. The topological polar surface area (TPSA) is 77.1 Å². The summed E-state index contributed by atoms with van der Waals surface area (Å²) >= 11 is 0. The Morgan fingerprint density at radius 2 is 2.21 bits per heavy atom. The van der Waals surface area contributed by atoms with Gasteiger partial charge in [0.15, 0.2) is 5.78 Å². The Hall–Kier alpha value is -2.89. The van der Waals surface area contributed by atoms with Gasteiger partial charge in [0.05, 0.1) is 12.1 Å². The van der Waals surface area contributed by atoms with Crippen molar-refractivity contribution in [1.29, 1.82) is 0 Å². The lowest BCUT2D eigenvalue weighted by Crippen LogP contribution is -2.37. The van der Waals surface area contributed by atoms with Gasteiger partial charge in [0.2, 0.25) is 0 Å². The molecule has 2 aromatic heterocycles. The van der Waals surface area contributed by atoms with E-state index >= 15 is 0 Å². The van der Waals surface area contributed by atoms with Crippen molar-refractivity contribution in [1.82, 2.24) is 15.0 Å². The number of aryl methyl sites for hydroxylation is 1. The van der Waals surface area contributed by atoms with Crippen LogP contribution in [0, 0.1) is 6.92 Å². The molecule has 0 radical (unpaired) electrons. The first kappa shape index (κ1) is 14.7. The number of carbonyl (C=O) groups excluding carboxylic acids is 2. The zero-order valence-electron chi connectivity index (χ0n) is 13.5. The number of aromatic nitrogens is 2. The highest BCUT2D eigenvalue weighted by molar-refractivity contribution is 6.03. The van der Waals surface area contributed by atoms with Gasteiger partial charge in [-0.05, 0) is 26.0 Å². The average Bonchev–Trinajstić information content (AvgIpc) is 3.14. The second kappa shape index (κ2) is 5.33. The number of Topliss-reactive ketones (excluding diaryl/α,β-unsaturated/α-hetero) is 1. The number of fused-ring (bicyclic) bond motifs is 3. The summed E-state index contributed by atoms with van der Waals surface area (Å²) in [5.74, 6) is 0.595. The van der Waals surface area contributed by atoms with Crippen molar-refractivity contribution in [2.75, 3.05) is 6.54 Å². The molecule has 0 saturated carbocycles. The number of carbonyl (C=O) groups is 2. The number of rotatable bonds is 3. The van der Waals surface area contributed by atoms with E-state index in [4.69, 9.17) is 4.52 Å². The highest BCUT2D eigenvalue weighted by Gasteiger charge is 2.24. The summed E-state index contributed by atoms with van der Waals surface area (Å²) in [6, 6.07) is 9.34. The molecule has 122 valence electrons. The molecule has 1 atom stereocenters. The minimum atomic E-state index is -0.0738. The molecule has 0 spiro atoms. The van der Waals surface area contributed by atoms with Crippen molar-refractivity contribution in [2.45, 2.75) is 26.3 Å². The van der Waals surface area contributed by atoms with E-state index in [-0.39, 0.29) is 24.2 Å². The summed E-state index contributed by atoms with van der Waals surface area (Å²) in [7, 11) is 0. The van der Waals surface area contributed by atoms with E-state index in [1.54, 1.807) is 19.1 Å². The molecule has 1 N–H and O–H groups in total. The first-order chi connectivity index (χ1) is 11.5. The normalized spacial score (nSPS) is 16.9. The summed E-state index contributed by atoms with van der Waals surface area (Å²) in [6.45, 7) is 4.44. The highest BCUT2D eigenvalue weighted by Crippen LogP contribution is 2.27. The molecule has 1 aliphatic rings. The van der Waals surface area contributed by atoms with Gasteiger partial charge in [-0.15, -0.1) is 0 Å². The summed E-state index contributed by atoms with van der Waals surface area (Å²) < 4.78 is 7.01. The minimum absolute atomic E-state index is 0.0198. The Kier molecular flexibility index (Phi) is 3.26. The third-order valence-corrected chi connectivity index (χ3v) is 4.41. The van der Waals surface area contributed by atoms with E-state index < -0.39 is 0 Å². The molecular weight excluding hydrogens is 306 g/mol. The molecule has 0 saturated heterocycles. The monoisotopic (exact) mass is 323 g/mol. The zero-order valence-corrected chi connectivity index (χ0v) is 13.5. The molecule has 24 heavy (non-hydrogen) atoms. The molecule has 6 heteroatoms. The lowest BCUT2D eigenvalue weighted by molar-refractivity contribution is 0.0918. The third-order valence-electron chi connectivity index (χ3n) is 4.41. The Labute approximate surface area is 138 Å². The molecule has 1 unspecified atom stereocenters. The van der Waals surface area contributed by atoms with Crippen LogP contribution in [0.2, 0.25) is 0 Å². The molecule has 1 aromatic carbocycles. The van der Waals surface area contributed by atoms with E-state index in [1.807, 2.05) is 22.8 Å². The van der Waals surface area contributed by atoms with Gasteiger partial charge in [-0.3, -0.25) is 9.59 Å². The molecule has 1 amide bonds. The Bertz CT molecular complexity index is 967. The summed E-state index contributed by atoms with van der Waals surface area (Å²) in [6.07, 6.45) is 0.201. The van der Waals surface area contributed by atoms with Gasteiger partial charge in [0, 0.05) is 35.1 Å². The van der Waals surface area contributed by atoms with Crippen LogP contribution in [0.3, 0.4) is 0 Å². The van der Waals surface area contributed by atoms with E-state index in [9.17, 15) is 9.59 Å². The van der Waals surface area contributed by atoms with Crippen molar-refractivity contribution in [3.05, 3.63) is 53.0 Å². The molecule has 3 aromatic rings. The SMILES string of the molecule is Cc1cc(CC(=O)c2ccc3cc4n(c3c2)C(C)CNC4=O)no1. The molecule has 6 nitrogen and oxygen atoms in total. The molecular formula is C18H17N3O3. The van der Waals surface area contributed by atoms with Gasteiger partial charge in [-0.25, -0.2) is 0 Å². The minimum Gasteiger partial charge on any atom is -0.361 e. The van der Waals surface area contributed by atoms with Gasteiger partial charge >= 0.3 is 0 Å². The van der Waals surface area contributed by atoms with E-state index in [0.29, 0.717) is 29.3 Å². The van der Waals surface area contributed by atoms with Crippen molar-refractivity contribution in [3.63, 3.8) is 0 Å². The first-order valence-corrected chi connectivity index (χ1v) is 7.91. The largest absolute Gasteiger partial charge is 0.361 e. The van der Waals surface area contributed by atoms with Crippen molar-refractivity contribution in [2.24, 2.45) is 0 Å². The number of amides is 1. The third kappa shape index (κ3) is 2.31. The first-order valence-electron chi connectivity index (χ1n) is 7.91. The van der Waals surface area contributed by atoms with E-state index in [2.05, 4.69) is 17.4 Å². The Balaban J connectivity index is 1.74. The van der Waals surface area contributed by atoms with Crippen LogP contribution < -0.4 is 5.32 Å². The van der Waals surface area contributed by atoms with Gasteiger partial charge in [-0.1, -0.05) is 17.3 Å². The summed E-state index contributed by atoms with van der Waals surface area (Å²) in [5.41, 5.74) is 2.79. The predicted molar refractivity (Wildman–Crippen MR) is 88.3 cm³/mol. The molecule has 3 heterocycles. The second-order valence-electron chi connectivity index (χ2n) is 6.26. The van der Waals surface area contributed by atoms with E-state index in [0.717, 1.165) is 10.9 Å². The Morgan fingerprint density at radius 3 is 2.96 bits per heavy atom. The molecule has 1 aliphatic heterocycles. The molecule has 0 bridgehead atoms. The maximum absolute atomic E-state index is 12.5. The fraction of sp³-hybridized carbons (Fsp3) is 0.278. The fourth-order valence-electron chi connectivity index (χ4n) is 3.23. The van der Waals surface area contributed by atoms with Crippen LogP contribution in [0.5, 0.6) is 0 Å². The van der Waals surface area contributed by atoms with Crippen LogP contribution in [0.1, 0.15) is 45.3 Å². The highest BCUT2D eigenvalue weighted by atomic mass is 16.5. The molecule has 0 aliphatic carbocycles. The van der Waals surface area contributed by atoms with Crippen LogP contribution in [-0.4, -0.2) is 28.0 Å². The maximum atomic E-state index is 12.5. The summed E-state index contributed by atoms with van der Waals surface area (Å²) in [5, 5.41) is 7.71. The van der Waals surface area contributed by atoms with Crippen molar-refractivity contribution < 1.29 is 14.1 Å². The zero-order chi connectivity index (χ0) is 16.8. The standard InChI is InChI=1S/C18H17N3O3/c1-10-9-19-18(23)16-6-12-3-4-13(7-15(12)21(10)16)17(22)8-14-5-11(2)24-20-14/h3-7,10H,8-9H2,1-2H3,(H,19,23). The van der Waals surface area contributed by atoms with Crippen LogP contribution in [-0.2, 0) is 6.42 Å². The second-order valence-corrected chi connectivity index (χ2v) is 6.26. The number of hydrogen-bond acceptors (Lipinski definition) is 4. The quantitative estimate of drug-likeness (QED) is 0.752. The van der Waals surface area contributed by atoms with Crippen LogP contribution in [0.4, 0.5) is 0 Å². The molecule has 0 fully saturated rings. The van der Waals surface area contributed by atoms with Crippen LogP contribution >= 0.6 is 0 Å².